The number of aryl methyl sites for hydroxylation is 2. The van der Waals surface area contributed by atoms with E-state index in [2.05, 4.69) is 10.5 Å². The zero-order valence-electron chi connectivity index (χ0n) is 15.2. The van der Waals surface area contributed by atoms with Crippen LogP contribution >= 0.6 is 11.6 Å². The maximum Gasteiger partial charge on any atom is 0.255 e. The van der Waals surface area contributed by atoms with Gasteiger partial charge in [0.05, 0.1) is 23.4 Å². The van der Waals surface area contributed by atoms with Crippen LogP contribution in [0.4, 0.5) is 5.69 Å². The van der Waals surface area contributed by atoms with E-state index < -0.39 is 0 Å². The van der Waals surface area contributed by atoms with Gasteiger partial charge in [-0.25, -0.2) is 0 Å². The standard InChI is InChI=1S/C20H19ClN2O4/c1-12-17(13(2)27-23-12)11-26-16-7-4-14(5-8-16)20(24)22-15-6-9-19(25-3)18(21)10-15/h4-10H,11H2,1-3H3,(H,22,24). The molecule has 1 amide bonds. The van der Waals surface area contributed by atoms with E-state index in [-0.39, 0.29) is 5.91 Å². The highest BCUT2D eigenvalue weighted by atomic mass is 35.5. The van der Waals surface area contributed by atoms with E-state index in [1.807, 2.05) is 13.8 Å². The normalized spacial score (nSPS) is 10.5. The Morgan fingerprint density at radius 3 is 2.52 bits per heavy atom. The molecule has 2 aromatic carbocycles. The minimum absolute atomic E-state index is 0.242. The van der Waals surface area contributed by atoms with Gasteiger partial charge in [0.15, 0.2) is 0 Å². The van der Waals surface area contributed by atoms with Gasteiger partial charge in [-0.15, -0.1) is 0 Å². The van der Waals surface area contributed by atoms with Crippen LogP contribution < -0.4 is 14.8 Å². The monoisotopic (exact) mass is 386 g/mol. The van der Waals surface area contributed by atoms with Gasteiger partial charge in [-0.05, 0) is 56.3 Å². The maximum absolute atomic E-state index is 12.4. The van der Waals surface area contributed by atoms with Crippen molar-refractivity contribution in [2.24, 2.45) is 0 Å². The van der Waals surface area contributed by atoms with Gasteiger partial charge in [-0.3, -0.25) is 4.79 Å². The number of anilines is 1. The number of halogens is 1. The number of methoxy groups -OCH3 is 1. The Bertz CT molecular complexity index is 932. The lowest BCUT2D eigenvalue weighted by molar-refractivity contribution is 0.102. The largest absolute Gasteiger partial charge is 0.495 e. The van der Waals surface area contributed by atoms with Gasteiger partial charge in [0.2, 0.25) is 0 Å². The van der Waals surface area contributed by atoms with Crippen molar-refractivity contribution in [1.29, 1.82) is 0 Å². The van der Waals surface area contributed by atoms with E-state index in [1.54, 1.807) is 42.5 Å². The Labute approximate surface area is 162 Å². The molecular weight excluding hydrogens is 368 g/mol. The molecule has 0 spiro atoms. The molecule has 0 aliphatic heterocycles. The van der Waals surface area contributed by atoms with E-state index in [1.165, 1.54) is 7.11 Å². The number of carbonyl (C=O) groups is 1. The average molecular weight is 387 g/mol. The van der Waals surface area contributed by atoms with Crippen molar-refractivity contribution < 1.29 is 18.8 Å². The first kappa shape index (κ1) is 18.8. The van der Waals surface area contributed by atoms with E-state index in [4.69, 9.17) is 25.6 Å². The number of hydrogen-bond donors (Lipinski definition) is 1. The second-order valence-electron chi connectivity index (χ2n) is 5.92. The van der Waals surface area contributed by atoms with Gasteiger partial charge in [0.1, 0.15) is 23.9 Å². The molecule has 0 aliphatic rings. The third-order valence-corrected chi connectivity index (χ3v) is 4.39. The Balaban J connectivity index is 1.62. The van der Waals surface area contributed by atoms with Crippen LogP contribution in [0.25, 0.3) is 0 Å². The van der Waals surface area contributed by atoms with Gasteiger partial charge in [-0.1, -0.05) is 16.8 Å². The van der Waals surface area contributed by atoms with Gasteiger partial charge in [0, 0.05) is 11.3 Å². The van der Waals surface area contributed by atoms with Crippen LogP contribution in [0.1, 0.15) is 27.4 Å². The number of aromatic nitrogens is 1. The predicted octanol–water partition coefficient (Wildman–Crippen LogP) is 4.78. The Morgan fingerprint density at radius 2 is 1.93 bits per heavy atom. The minimum atomic E-state index is -0.242. The minimum Gasteiger partial charge on any atom is -0.495 e. The number of hydrogen-bond acceptors (Lipinski definition) is 5. The van der Waals surface area contributed by atoms with Crippen LogP contribution in [-0.2, 0) is 6.61 Å². The fourth-order valence-corrected chi connectivity index (χ4v) is 2.77. The number of nitrogens with one attached hydrogen (secondary N) is 1. The number of carbonyl (C=O) groups excluding carboxylic acids is 1. The summed E-state index contributed by atoms with van der Waals surface area (Å²) in [4.78, 5) is 12.4. The van der Waals surface area contributed by atoms with Crippen LogP contribution in [0, 0.1) is 13.8 Å². The van der Waals surface area contributed by atoms with Crippen LogP contribution in [0.2, 0.25) is 5.02 Å². The smallest absolute Gasteiger partial charge is 0.255 e. The Kier molecular flexibility index (Phi) is 5.66. The van der Waals surface area contributed by atoms with Crippen LogP contribution in [0.15, 0.2) is 47.0 Å². The molecule has 0 aliphatic carbocycles. The summed E-state index contributed by atoms with van der Waals surface area (Å²) in [6.07, 6.45) is 0. The molecule has 1 N–H and O–H groups in total. The highest BCUT2D eigenvalue weighted by molar-refractivity contribution is 6.32. The third-order valence-electron chi connectivity index (χ3n) is 4.09. The lowest BCUT2D eigenvalue weighted by atomic mass is 10.2. The van der Waals surface area contributed by atoms with Crippen molar-refractivity contribution in [2.75, 3.05) is 12.4 Å². The first-order chi connectivity index (χ1) is 13.0. The van der Waals surface area contributed by atoms with E-state index in [0.29, 0.717) is 34.4 Å². The van der Waals surface area contributed by atoms with Gasteiger partial charge >= 0.3 is 0 Å². The fourth-order valence-electron chi connectivity index (χ4n) is 2.51. The van der Waals surface area contributed by atoms with Crippen LogP contribution in [0.5, 0.6) is 11.5 Å². The van der Waals surface area contributed by atoms with E-state index in [9.17, 15) is 4.79 Å². The second kappa shape index (κ2) is 8.14. The maximum atomic E-state index is 12.4. The summed E-state index contributed by atoms with van der Waals surface area (Å²) in [5.41, 5.74) is 2.83. The number of ether oxygens (including phenoxy) is 2. The van der Waals surface area contributed by atoms with Gasteiger partial charge < -0.3 is 19.3 Å². The molecule has 0 bridgehead atoms. The molecule has 6 nitrogen and oxygen atoms in total. The van der Waals surface area contributed by atoms with Crippen molar-refractivity contribution in [3.05, 3.63) is 70.1 Å². The zero-order chi connectivity index (χ0) is 19.4. The first-order valence-electron chi connectivity index (χ1n) is 8.27. The van der Waals surface area contributed by atoms with Gasteiger partial charge in [0.25, 0.3) is 5.91 Å². The second-order valence-corrected chi connectivity index (χ2v) is 6.33. The summed E-state index contributed by atoms with van der Waals surface area (Å²) in [6, 6.07) is 11.9. The van der Waals surface area contributed by atoms with Crippen molar-refractivity contribution in [3.63, 3.8) is 0 Å². The topological polar surface area (TPSA) is 73.6 Å². The summed E-state index contributed by atoms with van der Waals surface area (Å²) in [7, 11) is 1.54. The van der Waals surface area contributed by atoms with E-state index in [0.717, 1.165) is 17.0 Å². The third kappa shape index (κ3) is 4.41. The summed E-state index contributed by atoms with van der Waals surface area (Å²) < 4.78 is 16.0. The quantitative estimate of drug-likeness (QED) is 0.659. The molecule has 140 valence electrons. The molecule has 3 aromatic rings. The molecule has 0 saturated heterocycles. The molecule has 1 heterocycles. The highest BCUT2D eigenvalue weighted by Crippen LogP contribution is 2.27. The zero-order valence-corrected chi connectivity index (χ0v) is 16.0. The average Bonchev–Trinajstić information content (AvgIpc) is 2.98. The number of nitrogens with zero attached hydrogens (tertiary/aromatic N) is 1. The number of benzene rings is 2. The molecule has 0 saturated carbocycles. The van der Waals surface area contributed by atoms with Crippen molar-refractivity contribution in [2.45, 2.75) is 20.5 Å². The predicted molar refractivity (Wildman–Crippen MR) is 103 cm³/mol. The SMILES string of the molecule is COc1ccc(NC(=O)c2ccc(OCc3c(C)noc3C)cc2)cc1Cl. The lowest BCUT2D eigenvalue weighted by Gasteiger charge is -2.09. The summed E-state index contributed by atoms with van der Waals surface area (Å²) in [6.45, 7) is 4.07. The Hall–Kier alpha value is -2.99. The van der Waals surface area contributed by atoms with Crippen LogP contribution in [-0.4, -0.2) is 18.2 Å². The van der Waals surface area contributed by atoms with Crippen molar-refractivity contribution in [3.8, 4) is 11.5 Å². The van der Waals surface area contributed by atoms with Crippen molar-refractivity contribution >= 4 is 23.2 Å². The molecule has 3 rings (SSSR count). The molecule has 0 atom stereocenters. The van der Waals surface area contributed by atoms with E-state index >= 15 is 0 Å². The van der Waals surface area contributed by atoms with Crippen molar-refractivity contribution in [1.82, 2.24) is 5.16 Å². The van der Waals surface area contributed by atoms with Crippen LogP contribution in [0.3, 0.4) is 0 Å². The van der Waals surface area contributed by atoms with Gasteiger partial charge in [-0.2, -0.15) is 0 Å². The molecule has 7 heteroatoms. The summed E-state index contributed by atoms with van der Waals surface area (Å²) in [5.74, 6) is 1.70. The molecule has 27 heavy (non-hydrogen) atoms. The fraction of sp³-hybridized carbons (Fsp3) is 0.200. The Morgan fingerprint density at radius 1 is 1.19 bits per heavy atom. The summed E-state index contributed by atoms with van der Waals surface area (Å²) in [5, 5.41) is 7.13. The summed E-state index contributed by atoms with van der Waals surface area (Å²) >= 11 is 6.08. The molecule has 0 fully saturated rings. The number of amides is 1. The number of rotatable bonds is 6. The molecule has 1 aromatic heterocycles. The lowest BCUT2D eigenvalue weighted by Crippen LogP contribution is -2.11. The molecule has 0 unspecified atom stereocenters. The molecular formula is C20H19ClN2O4. The first-order valence-corrected chi connectivity index (χ1v) is 8.65. The highest BCUT2D eigenvalue weighted by Gasteiger charge is 2.11. The molecule has 0 radical (unpaired) electrons.